The van der Waals surface area contributed by atoms with Crippen molar-refractivity contribution >= 4 is 32.7 Å². The van der Waals surface area contributed by atoms with E-state index < -0.39 is 15.4 Å². The summed E-state index contributed by atoms with van der Waals surface area (Å²) in [6.07, 6.45) is 2.10. The second kappa shape index (κ2) is 8.32. The molecule has 0 spiro atoms. The molecular formula is C23H35N5O4S. The van der Waals surface area contributed by atoms with Gasteiger partial charge in [-0.1, -0.05) is 13.8 Å². The standard InChI is InChI=1S/C23H35N5O4S/c1-14-15(2)26-21(24)19-20(14)28(16(3)27-19)9-11-32-10-8-25-33(30,31)13-23-7-6-17(12-18(23)29)22(23,4)5/h17,25H,6-13H2,1-5H3,(H2,24,26)/t17-,23+/m0/s1. The molecule has 0 radical (unpaired) electrons. The van der Waals surface area contributed by atoms with Crippen molar-refractivity contribution in [3.8, 4) is 0 Å². The maximum absolute atomic E-state index is 12.8. The van der Waals surface area contributed by atoms with E-state index in [0.717, 1.165) is 29.0 Å². The fourth-order valence-electron chi connectivity index (χ4n) is 5.90. The van der Waals surface area contributed by atoms with E-state index >= 15 is 0 Å². The molecule has 0 amide bonds. The van der Waals surface area contributed by atoms with Gasteiger partial charge in [-0.15, -0.1) is 0 Å². The van der Waals surface area contributed by atoms with Crippen LogP contribution in [0.2, 0.25) is 0 Å². The number of ether oxygens (including phenoxy) is 1. The van der Waals surface area contributed by atoms with Crippen molar-refractivity contribution in [2.24, 2.45) is 16.7 Å². The number of fused-ring (bicyclic) bond motifs is 3. The highest BCUT2D eigenvalue weighted by Crippen LogP contribution is 2.64. The average Bonchev–Trinajstić information content (AvgIpc) is 3.24. The molecular weight excluding hydrogens is 442 g/mol. The van der Waals surface area contributed by atoms with Crippen molar-refractivity contribution in [3.05, 3.63) is 17.1 Å². The number of aryl methyl sites for hydroxylation is 3. The Morgan fingerprint density at radius 2 is 1.94 bits per heavy atom. The van der Waals surface area contributed by atoms with Crippen molar-refractivity contribution < 1.29 is 17.9 Å². The van der Waals surface area contributed by atoms with E-state index in [9.17, 15) is 13.2 Å². The lowest BCUT2D eigenvalue weighted by atomic mass is 9.70. The number of hydrogen-bond donors (Lipinski definition) is 2. The van der Waals surface area contributed by atoms with E-state index in [4.69, 9.17) is 10.5 Å². The first-order valence-electron chi connectivity index (χ1n) is 11.6. The van der Waals surface area contributed by atoms with Gasteiger partial charge in [-0.2, -0.15) is 0 Å². The summed E-state index contributed by atoms with van der Waals surface area (Å²) in [6, 6.07) is 0. The van der Waals surface area contributed by atoms with Crippen LogP contribution in [0, 0.1) is 37.5 Å². The highest BCUT2D eigenvalue weighted by molar-refractivity contribution is 7.89. The van der Waals surface area contributed by atoms with Gasteiger partial charge in [0, 0.05) is 30.6 Å². The largest absolute Gasteiger partial charge is 0.382 e. The van der Waals surface area contributed by atoms with Gasteiger partial charge in [-0.05, 0) is 50.5 Å². The van der Waals surface area contributed by atoms with Gasteiger partial charge in [0.2, 0.25) is 10.0 Å². The number of Topliss-reactive ketones (excluding diaryl/α,β-unsaturated/α-hetero) is 1. The van der Waals surface area contributed by atoms with Crippen molar-refractivity contribution in [1.29, 1.82) is 0 Å². The molecule has 2 bridgehead atoms. The molecule has 33 heavy (non-hydrogen) atoms. The molecule has 3 N–H and O–H groups in total. The maximum atomic E-state index is 12.8. The number of pyridine rings is 1. The molecule has 4 rings (SSSR count). The summed E-state index contributed by atoms with van der Waals surface area (Å²) in [6.45, 7) is 11.3. The summed E-state index contributed by atoms with van der Waals surface area (Å²) in [5, 5.41) is 0. The minimum absolute atomic E-state index is 0.106. The Morgan fingerprint density at radius 3 is 2.58 bits per heavy atom. The van der Waals surface area contributed by atoms with Crippen LogP contribution in [0.15, 0.2) is 0 Å². The second-order valence-corrected chi connectivity index (χ2v) is 12.0. The van der Waals surface area contributed by atoms with Crippen LogP contribution in [0.5, 0.6) is 0 Å². The smallest absolute Gasteiger partial charge is 0.212 e. The van der Waals surface area contributed by atoms with Gasteiger partial charge in [0.15, 0.2) is 5.82 Å². The summed E-state index contributed by atoms with van der Waals surface area (Å²) < 4.78 is 35.9. The Morgan fingerprint density at radius 1 is 1.21 bits per heavy atom. The molecule has 10 heteroatoms. The van der Waals surface area contributed by atoms with E-state index in [0.29, 0.717) is 43.2 Å². The number of anilines is 1. The number of nitrogens with two attached hydrogens (primary N) is 1. The number of carbonyl (C=O) groups is 1. The third-order valence-electron chi connectivity index (χ3n) is 8.19. The molecule has 0 unspecified atom stereocenters. The van der Waals surface area contributed by atoms with Gasteiger partial charge in [0.05, 0.1) is 24.5 Å². The Hall–Kier alpha value is -2.04. The predicted octanol–water partition coefficient (Wildman–Crippen LogP) is 2.27. The molecule has 0 saturated heterocycles. The number of nitrogen functional groups attached to an aromatic ring is 1. The zero-order valence-corrected chi connectivity index (χ0v) is 21.0. The minimum atomic E-state index is -3.58. The lowest BCUT2D eigenvalue weighted by Gasteiger charge is -2.36. The molecule has 2 aromatic rings. The molecule has 2 fully saturated rings. The topological polar surface area (TPSA) is 129 Å². The molecule has 182 valence electrons. The predicted molar refractivity (Wildman–Crippen MR) is 127 cm³/mol. The van der Waals surface area contributed by atoms with Crippen LogP contribution in [-0.4, -0.2) is 54.2 Å². The summed E-state index contributed by atoms with van der Waals surface area (Å²) >= 11 is 0. The summed E-state index contributed by atoms with van der Waals surface area (Å²) in [5.74, 6) is 1.52. The molecule has 0 aromatic carbocycles. The SMILES string of the molecule is Cc1nc(N)c2nc(C)n(CCOCCNS(=O)(=O)C[C@]34CC[C@@H](CC3=O)C4(C)C)c2c1C. The third kappa shape index (κ3) is 3.95. The van der Waals surface area contributed by atoms with Gasteiger partial charge in [-0.25, -0.2) is 23.1 Å². The number of aromatic nitrogens is 3. The van der Waals surface area contributed by atoms with Crippen molar-refractivity contribution in [3.63, 3.8) is 0 Å². The molecule has 2 aliphatic carbocycles. The Labute approximate surface area is 195 Å². The van der Waals surface area contributed by atoms with Crippen molar-refractivity contribution in [1.82, 2.24) is 19.3 Å². The Bertz CT molecular complexity index is 1200. The highest BCUT2D eigenvalue weighted by Gasteiger charge is 2.65. The fraction of sp³-hybridized carbons (Fsp3) is 0.696. The summed E-state index contributed by atoms with van der Waals surface area (Å²) in [4.78, 5) is 21.5. The first kappa shape index (κ1) is 24.1. The number of hydrogen-bond acceptors (Lipinski definition) is 7. The summed E-state index contributed by atoms with van der Waals surface area (Å²) in [5.41, 5.74) is 8.58. The van der Waals surface area contributed by atoms with Crippen LogP contribution < -0.4 is 10.5 Å². The lowest BCUT2D eigenvalue weighted by Crippen LogP contribution is -2.45. The Kier molecular flexibility index (Phi) is 6.07. The van der Waals surface area contributed by atoms with Crippen molar-refractivity contribution in [2.75, 3.05) is 31.2 Å². The van der Waals surface area contributed by atoms with Gasteiger partial charge < -0.3 is 15.0 Å². The minimum Gasteiger partial charge on any atom is -0.382 e. The molecule has 2 heterocycles. The van der Waals surface area contributed by atoms with E-state index in [1.54, 1.807) is 0 Å². The van der Waals surface area contributed by atoms with Crippen LogP contribution in [-0.2, 0) is 26.1 Å². The highest BCUT2D eigenvalue weighted by atomic mass is 32.2. The van der Waals surface area contributed by atoms with E-state index in [-0.39, 0.29) is 30.1 Å². The van der Waals surface area contributed by atoms with Crippen LogP contribution >= 0.6 is 0 Å². The number of sulfonamides is 1. The zero-order chi connectivity index (χ0) is 24.2. The first-order valence-corrected chi connectivity index (χ1v) is 13.2. The maximum Gasteiger partial charge on any atom is 0.212 e. The molecule has 2 atom stereocenters. The number of nitrogens with zero attached hydrogens (tertiary/aromatic N) is 3. The molecule has 2 saturated carbocycles. The van der Waals surface area contributed by atoms with Crippen molar-refractivity contribution in [2.45, 2.75) is 60.4 Å². The van der Waals surface area contributed by atoms with Gasteiger partial charge in [0.25, 0.3) is 0 Å². The zero-order valence-electron chi connectivity index (χ0n) is 20.2. The number of ketones is 1. The quantitative estimate of drug-likeness (QED) is 0.530. The van der Waals surface area contributed by atoms with Crippen LogP contribution in [0.1, 0.15) is 50.2 Å². The first-order chi connectivity index (χ1) is 15.4. The molecule has 9 nitrogen and oxygen atoms in total. The number of carbonyl (C=O) groups excluding carboxylic acids is 1. The van der Waals surface area contributed by atoms with Gasteiger partial charge in [-0.3, -0.25) is 4.79 Å². The van der Waals surface area contributed by atoms with Crippen LogP contribution in [0.25, 0.3) is 11.0 Å². The molecule has 2 aromatic heterocycles. The third-order valence-corrected chi connectivity index (χ3v) is 9.71. The number of nitrogens with one attached hydrogen (secondary N) is 1. The molecule has 2 aliphatic rings. The lowest BCUT2D eigenvalue weighted by molar-refractivity contribution is -0.128. The number of imidazole rings is 1. The molecule has 0 aliphatic heterocycles. The summed E-state index contributed by atoms with van der Waals surface area (Å²) in [7, 11) is -3.58. The number of rotatable bonds is 9. The van der Waals surface area contributed by atoms with E-state index in [1.807, 2.05) is 34.6 Å². The van der Waals surface area contributed by atoms with E-state index in [1.165, 1.54) is 0 Å². The van der Waals surface area contributed by atoms with E-state index in [2.05, 4.69) is 19.3 Å². The van der Waals surface area contributed by atoms with Gasteiger partial charge >= 0.3 is 0 Å². The van der Waals surface area contributed by atoms with Gasteiger partial charge in [0.1, 0.15) is 17.1 Å². The Balaban J connectivity index is 1.30. The van der Waals surface area contributed by atoms with Crippen LogP contribution in [0.4, 0.5) is 5.82 Å². The fourth-order valence-corrected chi connectivity index (χ4v) is 7.72. The average molecular weight is 478 g/mol. The monoisotopic (exact) mass is 477 g/mol. The normalized spacial score (nSPS) is 24.3. The van der Waals surface area contributed by atoms with Crippen LogP contribution in [0.3, 0.4) is 0 Å². The second-order valence-electron chi connectivity index (χ2n) is 10.1.